The molecule has 8 heteroatoms. The molecule has 2 aromatic heterocycles. The minimum Gasteiger partial charge on any atom is -0.352 e. The van der Waals surface area contributed by atoms with Crippen LogP contribution in [-0.4, -0.2) is 34.9 Å². The normalized spacial score (nSPS) is 10.2. The van der Waals surface area contributed by atoms with E-state index < -0.39 is 0 Å². The molecule has 0 spiro atoms. The van der Waals surface area contributed by atoms with E-state index in [1.165, 1.54) is 12.4 Å². The van der Waals surface area contributed by atoms with Crippen LogP contribution >= 0.6 is 31.9 Å². The second kappa shape index (κ2) is 9.48. The summed E-state index contributed by atoms with van der Waals surface area (Å²) in [6, 6.07) is 3.43. The van der Waals surface area contributed by atoms with Crippen molar-refractivity contribution in [3.05, 3.63) is 57.0 Å². The number of nitrogens with zero attached hydrogens (tertiary/aromatic N) is 2. The predicted molar refractivity (Wildman–Crippen MR) is 97.8 cm³/mol. The first kappa shape index (κ1) is 18.5. The van der Waals surface area contributed by atoms with Crippen molar-refractivity contribution in [3.63, 3.8) is 0 Å². The third kappa shape index (κ3) is 6.01. The summed E-state index contributed by atoms with van der Waals surface area (Å²) in [5.41, 5.74) is 1.03. The first-order chi connectivity index (χ1) is 11.6. The number of amides is 2. The van der Waals surface area contributed by atoms with Crippen LogP contribution < -0.4 is 10.6 Å². The average Bonchev–Trinajstić information content (AvgIpc) is 2.57. The molecule has 0 aliphatic heterocycles. The highest BCUT2D eigenvalue weighted by Crippen LogP contribution is 2.10. The molecule has 2 amide bonds. The maximum Gasteiger partial charge on any atom is 0.252 e. The van der Waals surface area contributed by atoms with Crippen LogP contribution in [0, 0.1) is 0 Å². The Morgan fingerprint density at radius 1 is 0.792 bits per heavy atom. The standard InChI is InChI=1S/C16H16Br2N4O2/c17-13-5-11(7-19-9-13)15(23)21-3-1-2-4-22-16(24)12-6-14(18)10-20-8-12/h5-10H,1-4H2,(H,21,23)(H,22,24). The van der Waals surface area contributed by atoms with Crippen LogP contribution in [0.5, 0.6) is 0 Å². The van der Waals surface area contributed by atoms with Crippen molar-refractivity contribution in [1.82, 2.24) is 20.6 Å². The fraction of sp³-hybridized carbons (Fsp3) is 0.250. The molecule has 2 N–H and O–H groups in total. The Bertz CT molecular complexity index is 663. The minimum atomic E-state index is -0.159. The largest absolute Gasteiger partial charge is 0.352 e. The summed E-state index contributed by atoms with van der Waals surface area (Å²) in [6.07, 6.45) is 7.83. The van der Waals surface area contributed by atoms with Crippen LogP contribution in [0.1, 0.15) is 33.6 Å². The molecule has 0 aromatic carbocycles. The SMILES string of the molecule is O=C(NCCCCNC(=O)c1cncc(Br)c1)c1cncc(Br)c1. The first-order valence-corrected chi connectivity index (χ1v) is 8.92. The Labute approximate surface area is 156 Å². The highest BCUT2D eigenvalue weighted by Gasteiger charge is 2.07. The molecular formula is C16H16Br2N4O2. The summed E-state index contributed by atoms with van der Waals surface area (Å²) < 4.78 is 1.53. The second-order valence-electron chi connectivity index (χ2n) is 5.00. The third-order valence-electron chi connectivity index (χ3n) is 3.11. The second-order valence-corrected chi connectivity index (χ2v) is 6.83. The van der Waals surface area contributed by atoms with E-state index in [1.54, 1.807) is 24.5 Å². The third-order valence-corrected chi connectivity index (χ3v) is 3.98. The van der Waals surface area contributed by atoms with Crippen molar-refractivity contribution >= 4 is 43.7 Å². The van der Waals surface area contributed by atoms with Gasteiger partial charge >= 0.3 is 0 Å². The van der Waals surface area contributed by atoms with Crippen molar-refractivity contribution in [2.24, 2.45) is 0 Å². The summed E-state index contributed by atoms with van der Waals surface area (Å²) in [4.78, 5) is 31.7. The van der Waals surface area contributed by atoms with E-state index in [2.05, 4.69) is 52.5 Å². The van der Waals surface area contributed by atoms with E-state index in [4.69, 9.17) is 0 Å². The lowest BCUT2D eigenvalue weighted by Gasteiger charge is -2.07. The molecule has 2 heterocycles. The maximum absolute atomic E-state index is 11.9. The molecule has 24 heavy (non-hydrogen) atoms. The Balaban J connectivity index is 1.63. The van der Waals surface area contributed by atoms with Gasteiger partial charge in [0.1, 0.15) is 0 Å². The number of pyridine rings is 2. The number of carbonyl (C=O) groups excluding carboxylic acids is 2. The van der Waals surface area contributed by atoms with Crippen molar-refractivity contribution in [1.29, 1.82) is 0 Å². The average molecular weight is 456 g/mol. The summed E-state index contributed by atoms with van der Waals surface area (Å²) in [5.74, 6) is -0.318. The number of halogens is 2. The van der Waals surface area contributed by atoms with Crippen LogP contribution in [0.25, 0.3) is 0 Å². The van der Waals surface area contributed by atoms with Gasteiger partial charge in [0, 0.05) is 46.8 Å². The molecule has 2 aromatic rings. The number of hydrogen-bond acceptors (Lipinski definition) is 4. The lowest BCUT2D eigenvalue weighted by Crippen LogP contribution is -2.27. The van der Waals surface area contributed by atoms with Crippen molar-refractivity contribution in [2.75, 3.05) is 13.1 Å². The molecule has 0 radical (unpaired) electrons. The van der Waals surface area contributed by atoms with E-state index in [0.717, 1.165) is 21.8 Å². The topological polar surface area (TPSA) is 84.0 Å². The van der Waals surface area contributed by atoms with Gasteiger partial charge in [-0.25, -0.2) is 0 Å². The van der Waals surface area contributed by atoms with Gasteiger partial charge in [-0.2, -0.15) is 0 Å². The molecule has 0 saturated heterocycles. The van der Waals surface area contributed by atoms with Gasteiger partial charge in [0.2, 0.25) is 0 Å². The summed E-state index contributed by atoms with van der Waals surface area (Å²) in [6.45, 7) is 1.08. The quantitative estimate of drug-likeness (QED) is 0.628. The van der Waals surface area contributed by atoms with E-state index in [0.29, 0.717) is 24.2 Å². The molecule has 0 fully saturated rings. The number of nitrogens with one attached hydrogen (secondary N) is 2. The Kier molecular flexibility index (Phi) is 7.33. The molecule has 0 saturated carbocycles. The van der Waals surface area contributed by atoms with Crippen LogP contribution in [0.2, 0.25) is 0 Å². The van der Waals surface area contributed by atoms with E-state index in [1.807, 2.05) is 0 Å². The van der Waals surface area contributed by atoms with E-state index in [-0.39, 0.29) is 11.8 Å². The minimum absolute atomic E-state index is 0.159. The Hall–Kier alpha value is -1.80. The molecule has 0 unspecified atom stereocenters. The van der Waals surface area contributed by atoms with Crippen LogP contribution in [0.4, 0.5) is 0 Å². The number of unbranched alkanes of at least 4 members (excludes halogenated alkanes) is 1. The number of aromatic nitrogens is 2. The van der Waals surface area contributed by atoms with Gasteiger partial charge in [-0.15, -0.1) is 0 Å². The Morgan fingerprint density at radius 2 is 1.21 bits per heavy atom. The van der Waals surface area contributed by atoms with Crippen molar-refractivity contribution < 1.29 is 9.59 Å². The monoisotopic (exact) mass is 454 g/mol. The zero-order chi connectivity index (χ0) is 17.4. The van der Waals surface area contributed by atoms with Crippen molar-refractivity contribution in [2.45, 2.75) is 12.8 Å². The summed E-state index contributed by atoms with van der Waals surface area (Å²) >= 11 is 6.56. The van der Waals surface area contributed by atoms with Gasteiger partial charge in [0.05, 0.1) is 11.1 Å². The molecule has 0 aliphatic rings. The van der Waals surface area contributed by atoms with Gasteiger partial charge < -0.3 is 10.6 Å². The van der Waals surface area contributed by atoms with Gasteiger partial charge in [0.15, 0.2) is 0 Å². The molecule has 6 nitrogen and oxygen atoms in total. The molecule has 0 atom stereocenters. The lowest BCUT2D eigenvalue weighted by molar-refractivity contribution is 0.0939. The Morgan fingerprint density at radius 3 is 1.58 bits per heavy atom. The van der Waals surface area contributed by atoms with Crippen LogP contribution in [-0.2, 0) is 0 Å². The molecule has 126 valence electrons. The predicted octanol–water partition coefficient (Wildman–Crippen LogP) is 2.94. The highest BCUT2D eigenvalue weighted by atomic mass is 79.9. The lowest BCUT2D eigenvalue weighted by atomic mass is 10.2. The summed E-state index contributed by atoms with van der Waals surface area (Å²) in [7, 11) is 0. The smallest absolute Gasteiger partial charge is 0.252 e. The first-order valence-electron chi connectivity index (χ1n) is 7.34. The number of carbonyl (C=O) groups is 2. The number of rotatable bonds is 7. The zero-order valence-corrected chi connectivity index (χ0v) is 15.9. The van der Waals surface area contributed by atoms with Gasteiger partial charge in [-0.3, -0.25) is 19.6 Å². The van der Waals surface area contributed by atoms with Crippen LogP contribution in [0.15, 0.2) is 45.9 Å². The zero-order valence-electron chi connectivity index (χ0n) is 12.8. The highest BCUT2D eigenvalue weighted by molar-refractivity contribution is 9.10. The van der Waals surface area contributed by atoms with E-state index in [9.17, 15) is 9.59 Å². The van der Waals surface area contributed by atoms with Crippen LogP contribution in [0.3, 0.4) is 0 Å². The maximum atomic E-state index is 11.9. The molecular weight excluding hydrogens is 440 g/mol. The number of hydrogen-bond donors (Lipinski definition) is 2. The molecule has 0 aliphatic carbocycles. The van der Waals surface area contributed by atoms with Gasteiger partial charge in [-0.1, -0.05) is 0 Å². The fourth-order valence-electron chi connectivity index (χ4n) is 1.93. The van der Waals surface area contributed by atoms with E-state index >= 15 is 0 Å². The fourth-order valence-corrected chi connectivity index (χ4v) is 2.66. The van der Waals surface area contributed by atoms with Crippen molar-refractivity contribution in [3.8, 4) is 0 Å². The molecule has 2 rings (SSSR count). The summed E-state index contributed by atoms with van der Waals surface area (Å²) in [5, 5.41) is 5.65. The van der Waals surface area contributed by atoms with Gasteiger partial charge in [0.25, 0.3) is 11.8 Å². The molecule has 0 bridgehead atoms. The van der Waals surface area contributed by atoms with Gasteiger partial charge in [-0.05, 0) is 56.8 Å².